The third-order valence-corrected chi connectivity index (χ3v) is 15.0. The topological polar surface area (TPSA) is 155 Å². The molecule has 77 heavy (non-hydrogen) atoms. The molecule has 2 aliphatic heterocycles. The van der Waals surface area contributed by atoms with Crippen LogP contribution in [0.2, 0.25) is 20.1 Å². The van der Waals surface area contributed by atoms with Crippen molar-refractivity contribution in [2.75, 3.05) is 101 Å². The van der Waals surface area contributed by atoms with Crippen molar-refractivity contribution in [3.8, 4) is 0 Å². The number of nitrogen functional groups attached to an aromatic ring is 2. The van der Waals surface area contributed by atoms with Gasteiger partial charge in [0.25, 0.3) is 0 Å². The van der Waals surface area contributed by atoms with Gasteiger partial charge < -0.3 is 37.4 Å². The second-order valence-corrected chi connectivity index (χ2v) is 21.0. The second kappa shape index (κ2) is 30.1. The number of nitrogens with two attached hydrogens (primary N) is 2. The van der Waals surface area contributed by atoms with Crippen molar-refractivity contribution in [3.63, 3.8) is 0 Å². The molecule has 19 heteroatoms. The summed E-state index contributed by atoms with van der Waals surface area (Å²) in [5.41, 5.74) is 17.2. The van der Waals surface area contributed by atoms with Gasteiger partial charge in [0.1, 0.15) is 23.3 Å². The lowest BCUT2D eigenvalue weighted by atomic mass is 9.87. The van der Waals surface area contributed by atoms with Crippen molar-refractivity contribution in [2.24, 2.45) is 0 Å². The van der Waals surface area contributed by atoms with E-state index in [-0.39, 0.29) is 65.5 Å². The first-order valence-corrected chi connectivity index (χ1v) is 27.1. The van der Waals surface area contributed by atoms with E-state index in [9.17, 15) is 27.2 Å². The van der Waals surface area contributed by atoms with Gasteiger partial charge in [0, 0.05) is 75.6 Å². The van der Waals surface area contributed by atoms with Gasteiger partial charge in [-0.3, -0.25) is 19.4 Å². The Bertz CT molecular complexity index is 2490. The van der Waals surface area contributed by atoms with Crippen LogP contribution in [-0.4, -0.2) is 115 Å². The van der Waals surface area contributed by atoms with Crippen molar-refractivity contribution < 1.29 is 32.6 Å². The van der Waals surface area contributed by atoms with E-state index in [1.807, 2.05) is 48.5 Å². The van der Waals surface area contributed by atoms with Gasteiger partial charge in [0.2, 0.25) is 11.8 Å². The zero-order valence-electron chi connectivity index (χ0n) is 42.7. The van der Waals surface area contributed by atoms with Crippen molar-refractivity contribution >= 4 is 81.0 Å². The van der Waals surface area contributed by atoms with Crippen LogP contribution in [0.3, 0.4) is 0 Å². The van der Waals surface area contributed by atoms with Gasteiger partial charge in [0.15, 0.2) is 0 Å². The van der Waals surface area contributed by atoms with Gasteiger partial charge in [-0.25, -0.2) is 17.6 Å². The average molecular weight is 1140 g/mol. The Hall–Kier alpha value is -5.46. The number of carbonyl (C=O) groups excluding carboxylic acids is 2. The second-order valence-electron chi connectivity index (χ2n) is 19.4. The molecule has 0 aromatic heterocycles. The number of nitrogens with one attached hydrogen (secondary N) is 2. The van der Waals surface area contributed by atoms with E-state index in [2.05, 4.69) is 30.2 Å². The fraction of sp³-hybridized carbons (Fsp3) is 0.345. The molecule has 0 atom stereocenters. The molecular weight excluding hydrogens is 1070 g/mol. The number of anilines is 4. The lowest BCUT2D eigenvalue weighted by molar-refractivity contribution is -0.118. The van der Waals surface area contributed by atoms with Crippen LogP contribution >= 0.6 is 46.4 Å². The molecule has 2 amide bonds. The Kier molecular flexibility index (Phi) is 23.7. The fourth-order valence-corrected chi connectivity index (χ4v) is 10.9. The summed E-state index contributed by atoms with van der Waals surface area (Å²) in [6.07, 6.45) is 5.82. The molecular formula is C58H66Cl4F4N8O3. The summed E-state index contributed by atoms with van der Waals surface area (Å²) < 4.78 is 53.9. The van der Waals surface area contributed by atoms with E-state index < -0.39 is 0 Å². The van der Waals surface area contributed by atoms with E-state index in [0.29, 0.717) is 42.8 Å². The van der Waals surface area contributed by atoms with Gasteiger partial charge >= 0.3 is 0 Å². The summed E-state index contributed by atoms with van der Waals surface area (Å²) in [5.74, 6) is -1.20. The summed E-state index contributed by atoms with van der Waals surface area (Å²) >= 11 is 24.7. The highest BCUT2D eigenvalue weighted by Crippen LogP contribution is 2.35. The molecule has 8 N–H and O–H groups in total. The molecule has 6 aromatic carbocycles. The first-order chi connectivity index (χ1) is 36.6. The Balaban J connectivity index is 0.000000246. The Labute approximate surface area is 468 Å². The summed E-state index contributed by atoms with van der Waals surface area (Å²) in [5, 5.41) is 6.85. The minimum Gasteiger partial charge on any atom is -0.412 e. The molecule has 0 radical (unpaired) electrons. The summed E-state index contributed by atoms with van der Waals surface area (Å²) in [6, 6.07) is 32.6. The van der Waals surface area contributed by atoms with Crippen LogP contribution in [0.4, 0.5) is 40.3 Å². The maximum atomic E-state index is 13.5. The average Bonchev–Trinajstić information content (AvgIpc) is 3.39. The number of unbranched alkanes of at least 4 members (excludes halogenated alkanes) is 2. The van der Waals surface area contributed by atoms with Crippen LogP contribution < -0.4 is 22.1 Å². The van der Waals surface area contributed by atoms with E-state index in [1.54, 1.807) is 24.3 Å². The van der Waals surface area contributed by atoms with Crippen LogP contribution in [0.25, 0.3) is 0 Å². The largest absolute Gasteiger partial charge is 0.412 e. The van der Waals surface area contributed by atoms with Crippen LogP contribution in [-0.2, 0) is 9.59 Å². The first-order valence-electron chi connectivity index (χ1n) is 25.6. The van der Waals surface area contributed by atoms with E-state index in [0.717, 1.165) is 126 Å². The van der Waals surface area contributed by atoms with Gasteiger partial charge in [-0.1, -0.05) is 108 Å². The van der Waals surface area contributed by atoms with Crippen LogP contribution in [0.15, 0.2) is 121 Å². The number of nitrogens with zero attached hydrogens (tertiary/aromatic N) is 4. The van der Waals surface area contributed by atoms with E-state index in [4.69, 9.17) is 57.9 Å². The van der Waals surface area contributed by atoms with Gasteiger partial charge in [-0.05, 0) is 134 Å². The summed E-state index contributed by atoms with van der Waals surface area (Å²) in [4.78, 5) is 34.1. The molecule has 2 saturated heterocycles. The molecule has 0 spiro atoms. The molecule has 2 aliphatic rings. The number of amides is 2. The molecule has 0 unspecified atom stereocenters. The normalized spacial score (nSPS) is 14.5. The van der Waals surface area contributed by atoms with Gasteiger partial charge in [-0.15, -0.1) is 0 Å². The third-order valence-electron chi connectivity index (χ3n) is 13.8. The number of carbonyl (C=O) groups is 2. The molecule has 2 fully saturated rings. The van der Waals surface area contributed by atoms with Crippen LogP contribution in [0, 0.1) is 23.3 Å². The lowest BCUT2D eigenvalue weighted by Crippen LogP contribution is -2.48. The molecule has 0 aliphatic carbocycles. The zero-order chi connectivity index (χ0) is 54.1. The summed E-state index contributed by atoms with van der Waals surface area (Å²) in [6.45, 7) is 9.19. The Morgan fingerprint density at radius 3 is 0.935 bits per heavy atom. The molecule has 8 rings (SSSR count). The van der Waals surface area contributed by atoms with Crippen molar-refractivity contribution in [1.29, 1.82) is 0 Å². The van der Waals surface area contributed by atoms with Gasteiger partial charge in [-0.2, -0.15) is 0 Å². The highest BCUT2D eigenvalue weighted by molar-refractivity contribution is 6.41. The predicted molar refractivity (Wildman–Crippen MR) is 305 cm³/mol. The van der Waals surface area contributed by atoms with E-state index in [1.165, 1.54) is 48.5 Å². The molecule has 2 heterocycles. The highest BCUT2D eigenvalue weighted by Gasteiger charge is 2.23. The number of rotatable bonds is 20. The Morgan fingerprint density at radius 1 is 0.429 bits per heavy atom. The van der Waals surface area contributed by atoms with Gasteiger partial charge in [0.05, 0.1) is 44.6 Å². The molecule has 6 aromatic rings. The predicted octanol–water partition coefficient (Wildman–Crippen LogP) is 12.0. The minimum atomic E-state index is -0.263. The SMILES string of the molecule is Nc1cc(Cl)c(NC(=O)CN2CCN(CCCCC(c3ccc(F)cc3)c3ccc(F)cc3)CC2)c(Cl)c1.Nc1cc(Cl)c(NC(=O)CN2CCN(CCCCC(c3ccc(F)cc3)c3ccc(F)cc3)CC2)c(Cl)c1.O. The first kappa shape index (κ1) is 60.8. The van der Waals surface area contributed by atoms with E-state index >= 15 is 0 Å². The lowest BCUT2D eigenvalue weighted by Gasteiger charge is -2.34. The van der Waals surface area contributed by atoms with Crippen LogP contribution in [0.1, 0.15) is 72.6 Å². The number of piperazine rings is 2. The number of hydrogen-bond acceptors (Lipinski definition) is 8. The molecule has 0 bridgehead atoms. The zero-order valence-corrected chi connectivity index (χ0v) is 45.7. The minimum absolute atomic E-state index is 0. The monoisotopic (exact) mass is 1140 g/mol. The van der Waals surface area contributed by atoms with Crippen molar-refractivity contribution in [3.05, 3.63) is 187 Å². The molecule has 412 valence electrons. The quantitative estimate of drug-likeness (QED) is 0.0335. The highest BCUT2D eigenvalue weighted by atomic mass is 35.5. The number of hydrogen-bond donors (Lipinski definition) is 4. The Morgan fingerprint density at radius 2 is 0.675 bits per heavy atom. The number of halogens is 8. The van der Waals surface area contributed by atoms with Crippen LogP contribution in [0.5, 0.6) is 0 Å². The van der Waals surface area contributed by atoms with Crippen molar-refractivity contribution in [2.45, 2.75) is 50.4 Å². The molecule has 11 nitrogen and oxygen atoms in total. The molecule has 0 saturated carbocycles. The smallest absolute Gasteiger partial charge is 0.238 e. The fourth-order valence-electron chi connectivity index (χ4n) is 9.73. The van der Waals surface area contributed by atoms with Crippen molar-refractivity contribution in [1.82, 2.24) is 19.6 Å². The summed E-state index contributed by atoms with van der Waals surface area (Å²) in [7, 11) is 0. The standard InChI is InChI=1S/2C29H32Cl2F2N4O.H2O/c2*30-26-17-24(34)18-27(31)29(26)35-28(38)19-37-15-13-36(14-16-37)12-2-1-3-25(20-4-8-22(32)9-5-20)21-6-10-23(33)11-7-21;/h2*4-11,17-18,25H,1-3,12-16,19,34H2,(H,35,38);1H2. The maximum Gasteiger partial charge on any atom is 0.238 e. The number of benzene rings is 6. The maximum absolute atomic E-state index is 13.5. The third kappa shape index (κ3) is 18.9.